The van der Waals surface area contributed by atoms with Crippen molar-refractivity contribution in [3.05, 3.63) is 144 Å². The van der Waals surface area contributed by atoms with Crippen molar-refractivity contribution < 1.29 is 2.85 Å². The summed E-state index contributed by atoms with van der Waals surface area (Å²) in [5.74, 6) is 2.43. The van der Waals surface area contributed by atoms with Gasteiger partial charge in [-0.2, -0.15) is 0 Å². The van der Waals surface area contributed by atoms with E-state index in [1.807, 2.05) is 12.1 Å². The fourth-order valence-electron chi connectivity index (χ4n) is 7.14. The third-order valence-corrected chi connectivity index (χ3v) is 9.31. The molecule has 42 heavy (non-hydrogen) atoms. The van der Waals surface area contributed by atoms with E-state index in [1.165, 1.54) is 33.4 Å². The van der Waals surface area contributed by atoms with Crippen LogP contribution in [0.25, 0.3) is 22.3 Å². The molecule has 0 saturated carbocycles. The molecule has 2 aliphatic rings. The summed E-state index contributed by atoms with van der Waals surface area (Å²) in [6, 6.07) is 43.5. The normalized spacial score (nSPS) is 18.9. The Hall–Kier alpha value is -4.56. The second-order valence-corrected chi connectivity index (χ2v) is 12.3. The second kappa shape index (κ2) is 11.0. The Morgan fingerprint density at radius 2 is 1.07 bits per heavy atom. The molecule has 3 unspecified atom stereocenters. The van der Waals surface area contributed by atoms with E-state index in [-0.39, 0.29) is 2.85 Å². The van der Waals surface area contributed by atoms with Crippen LogP contribution in [0.5, 0.6) is 0 Å². The predicted octanol–water partition coefficient (Wildman–Crippen LogP) is 11.5. The Morgan fingerprint density at radius 3 is 1.57 bits per heavy atom. The zero-order valence-corrected chi connectivity index (χ0v) is 24.6. The summed E-state index contributed by atoms with van der Waals surface area (Å²) >= 11 is 0. The van der Waals surface area contributed by atoms with E-state index in [0.29, 0.717) is 23.7 Å². The molecule has 0 bridgehead atoms. The van der Waals surface area contributed by atoms with Gasteiger partial charge in [0.05, 0.1) is 0 Å². The van der Waals surface area contributed by atoms with Crippen LogP contribution in [-0.4, -0.2) is 0 Å². The molecule has 0 radical (unpaired) electrons. The molecule has 5 aromatic rings. The van der Waals surface area contributed by atoms with Crippen LogP contribution in [0.3, 0.4) is 0 Å². The van der Waals surface area contributed by atoms with Crippen LogP contribution in [-0.2, 0) is 6.42 Å². The highest BCUT2D eigenvalue weighted by Gasteiger charge is 2.44. The van der Waals surface area contributed by atoms with Gasteiger partial charge in [-0.05, 0) is 113 Å². The van der Waals surface area contributed by atoms with E-state index in [2.05, 4.69) is 147 Å². The molecule has 7 rings (SSSR count). The highest BCUT2D eigenvalue weighted by Crippen LogP contribution is 2.57. The molecule has 212 valence electrons. The molecule has 0 fully saturated rings. The van der Waals surface area contributed by atoms with Crippen molar-refractivity contribution in [3.63, 3.8) is 0 Å². The van der Waals surface area contributed by atoms with E-state index >= 15 is 0 Å². The molecule has 5 aromatic carbocycles. The van der Waals surface area contributed by atoms with Crippen LogP contribution in [0.15, 0.2) is 133 Å². The van der Waals surface area contributed by atoms with E-state index in [0.717, 1.165) is 29.2 Å². The number of para-hydroxylation sites is 2. The van der Waals surface area contributed by atoms with Crippen molar-refractivity contribution in [1.29, 1.82) is 0 Å². The summed E-state index contributed by atoms with van der Waals surface area (Å²) in [4.78, 5) is 0. The summed E-state index contributed by atoms with van der Waals surface area (Å²) in [5.41, 5.74) is 14.4. The first-order chi connectivity index (χ1) is 20.5. The molecular formula is C40H42N2. The fourth-order valence-corrected chi connectivity index (χ4v) is 7.14. The van der Waals surface area contributed by atoms with Gasteiger partial charge in [-0.3, -0.25) is 0 Å². The minimum absolute atomic E-state index is 0. The van der Waals surface area contributed by atoms with Crippen LogP contribution in [0.2, 0.25) is 0 Å². The van der Waals surface area contributed by atoms with Crippen LogP contribution in [0.4, 0.5) is 22.7 Å². The highest BCUT2D eigenvalue weighted by atomic mass is 14.9. The minimum atomic E-state index is 0. The number of benzene rings is 5. The first-order valence-corrected chi connectivity index (χ1v) is 15.2. The third kappa shape index (κ3) is 4.92. The molecule has 2 N–H and O–H groups in total. The van der Waals surface area contributed by atoms with Crippen molar-refractivity contribution >= 4 is 22.7 Å². The van der Waals surface area contributed by atoms with Gasteiger partial charge in [0.2, 0.25) is 0 Å². The molecule has 0 aromatic heterocycles. The summed E-state index contributed by atoms with van der Waals surface area (Å²) in [7, 11) is 0. The van der Waals surface area contributed by atoms with E-state index in [4.69, 9.17) is 0 Å². The van der Waals surface area contributed by atoms with Gasteiger partial charge in [0.25, 0.3) is 0 Å². The standard InChI is InChI=1S/C40H38N2.2H2/c1-26(2)36-25-38-34(28-14-18-32(19-15-28)41-30-10-6-4-7-11-30)22-23-35(40(38)39-27(3)24-37(36)39)29-16-20-33(21-17-29)42-31-12-8-5-9-13-31;;/h4-24,26,36-37,39,41-42H,25H2,1-3H3;2*1H. The van der Waals surface area contributed by atoms with Gasteiger partial charge in [0.15, 0.2) is 0 Å². The quantitative estimate of drug-likeness (QED) is 0.197. The zero-order valence-electron chi connectivity index (χ0n) is 24.6. The van der Waals surface area contributed by atoms with Gasteiger partial charge in [0, 0.05) is 31.5 Å². The lowest BCUT2D eigenvalue weighted by Gasteiger charge is -2.48. The van der Waals surface area contributed by atoms with Crippen molar-refractivity contribution in [2.24, 2.45) is 17.8 Å². The number of nitrogens with one attached hydrogen (secondary N) is 2. The number of fused-ring (bicyclic) bond motifs is 3. The third-order valence-electron chi connectivity index (χ3n) is 9.31. The van der Waals surface area contributed by atoms with Crippen LogP contribution in [0, 0.1) is 17.8 Å². The molecule has 0 heterocycles. The summed E-state index contributed by atoms with van der Waals surface area (Å²) in [5, 5.41) is 7.07. The maximum absolute atomic E-state index is 3.53. The maximum Gasteiger partial charge on any atom is 0.0384 e. The van der Waals surface area contributed by atoms with E-state index < -0.39 is 0 Å². The predicted molar refractivity (Wildman–Crippen MR) is 183 cm³/mol. The Labute approximate surface area is 253 Å². The maximum atomic E-state index is 3.53. The van der Waals surface area contributed by atoms with Gasteiger partial charge in [-0.25, -0.2) is 0 Å². The monoisotopic (exact) mass is 550 g/mol. The average Bonchev–Trinajstić information content (AvgIpc) is 3.01. The molecule has 0 amide bonds. The van der Waals surface area contributed by atoms with Gasteiger partial charge < -0.3 is 10.6 Å². The Bertz CT molecular complexity index is 1730. The molecule has 2 aliphatic carbocycles. The van der Waals surface area contributed by atoms with Gasteiger partial charge in [-0.1, -0.05) is 98.3 Å². The van der Waals surface area contributed by atoms with Gasteiger partial charge in [-0.15, -0.1) is 0 Å². The number of hydrogen-bond acceptors (Lipinski definition) is 2. The Morgan fingerprint density at radius 1 is 0.595 bits per heavy atom. The summed E-state index contributed by atoms with van der Waals surface area (Å²) in [6.07, 6.45) is 3.67. The second-order valence-electron chi connectivity index (χ2n) is 12.3. The molecule has 0 aliphatic heterocycles. The molecule has 2 heteroatoms. The van der Waals surface area contributed by atoms with E-state index in [1.54, 1.807) is 5.56 Å². The minimum Gasteiger partial charge on any atom is -0.356 e. The van der Waals surface area contributed by atoms with Crippen molar-refractivity contribution in [1.82, 2.24) is 0 Å². The first kappa shape index (κ1) is 26.3. The number of hydrogen-bond donors (Lipinski definition) is 2. The number of rotatable bonds is 7. The average molecular weight is 551 g/mol. The molecule has 2 nitrogen and oxygen atoms in total. The zero-order chi connectivity index (χ0) is 28.6. The van der Waals surface area contributed by atoms with Crippen molar-refractivity contribution in [2.75, 3.05) is 10.6 Å². The molecule has 0 saturated heterocycles. The number of anilines is 4. The SMILES string of the molecule is CC1=CC2C1c1c(-c3ccc(Nc4ccccc4)cc3)ccc(-c3ccc(Nc4ccccc4)cc3)c1CC2C(C)C.[HH].[HH]. The molecular weight excluding hydrogens is 508 g/mol. The highest BCUT2D eigenvalue weighted by molar-refractivity contribution is 5.81. The molecule has 0 spiro atoms. The lowest BCUT2D eigenvalue weighted by molar-refractivity contribution is 0.233. The lowest BCUT2D eigenvalue weighted by Crippen LogP contribution is -2.38. The lowest BCUT2D eigenvalue weighted by atomic mass is 9.56. The largest absolute Gasteiger partial charge is 0.356 e. The van der Waals surface area contributed by atoms with E-state index in [9.17, 15) is 0 Å². The first-order valence-electron chi connectivity index (χ1n) is 15.2. The fraction of sp³-hybridized carbons (Fsp3) is 0.200. The topological polar surface area (TPSA) is 24.1 Å². The summed E-state index contributed by atoms with van der Waals surface area (Å²) in [6.45, 7) is 7.14. The van der Waals surface area contributed by atoms with Crippen LogP contribution >= 0.6 is 0 Å². The van der Waals surface area contributed by atoms with Crippen molar-refractivity contribution in [2.45, 2.75) is 33.1 Å². The van der Waals surface area contributed by atoms with Gasteiger partial charge in [0.1, 0.15) is 0 Å². The smallest absolute Gasteiger partial charge is 0.0384 e. The molecule has 3 atom stereocenters. The Balaban J connectivity index is 0.00000192. The Kier molecular flexibility index (Phi) is 6.91. The number of allylic oxidation sites excluding steroid dienone is 2. The van der Waals surface area contributed by atoms with Gasteiger partial charge >= 0.3 is 0 Å². The van der Waals surface area contributed by atoms with Crippen LogP contribution in [0.1, 0.15) is 40.7 Å². The van der Waals surface area contributed by atoms with Crippen molar-refractivity contribution in [3.8, 4) is 22.3 Å². The van der Waals surface area contributed by atoms with Crippen LogP contribution < -0.4 is 10.6 Å². The summed E-state index contributed by atoms with van der Waals surface area (Å²) < 4.78 is 0.